The Hall–Kier alpha value is -1.20. The zero-order valence-corrected chi connectivity index (χ0v) is 17.6. The smallest absolute Gasteiger partial charge is 0.128 e. The van der Waals surface area contributed by atoms with E-state index in [2.05, 4.69) is 40.5 Å². The molecule has 0 spiro atoms. The van der Waals surface area contributed by atoms with Gasteiger partial charge in [0.1, 0.15) is 5.82 Å². The summed E-state index contributed by atoms with van der Waals surface area (Å²) in [4.78, 5) is 14.2. The van der Waals surface area contributed by atoms with Crippen LogP contribution < -0.4 is 4.90 Å². The van der Waals surface area contributed by atoms with Crippen LogP contribution in [-0.4, -0.2) is 59.3 Å². The van der Waals surface area contributed by atoms with E-state index in [9.17, 15) is 0 Å². The topological polar surface area (TPSA) is 41.5 Å². The van der Waals surface area contributed by atoms with Crippen molar-refractivity contribution in [3.05, 3.63) is 18.2 Å². The van der Waals surface area contributed by atoms with Gasteiger partial charge in [0.05, 0.1) is 30.3 Å². The molecule has 2 aliphatic rings. The Labute approximate surface area is 165 Å². The number of anilines is 1. The quantitative estimate of drug-likeness (QED) is 0.686. The van der Waals surface area contributed by atoms with Crippen molar-refractivity contribution >= 4 is 5.69 Å². The van der Waals surface area contributed by atoms with E-state index in [1.54, 1.807) is 0 Å². The van der Waals surface area contributed by atoms with E-state index in [4.69, 9.17) is 4.74 Å². The number of hydrogen-bond acceptors (Lipinski definition) is 5. The van der Waals surface area contributed by atoms with Crippen molar-refractivity contribution < 1.29 is 4.74 Å². The van der Waals surface area contributed by atoms with Crippen molar-refractivity contribution in [2.45, 2.75) is 90.4 Å². The molecule has 27 heavy (non-hydrogen) atoms. The van der Waals surface area contributed by atoms with Gasteiger partial charge < -0.3 is 9.64 Å². The molecule has 1 saturated heterocycles. The van der Waals surface area contributed by atoms with Crippen LogP contribution in [0.25, 0.3) is 0 Å². The van der Waals surface area contributed by atoms with E-state index < -0.39 is 0 Å². The maximum Gasteiger partial charge on any atom is 0.128 e. The highest BCUT2D eigenvalue weighted by atomic mass is 16.5. The molecule has 1 unspecified atom stereocenters. The van der Waals surface area contributed by atoms with Crippen molar-refractivity contribution in [3.8, 4) is 0 Å². The summed E-state index contributed by atoms with van der Waals surface area (Å²) >= 11 is 0. The van der Waals surface area contributed by atoms with Gasteiger partial charge in [-0.3, -0.25) is 4.90 Å². The standard InChI is InChI=1S/C22H38N4O/c1-4-6-18(3)27-21-10-8-19(9-11-21)25-12-14-26(15-13-25)20-16-23-22(7-5-2)24-17-20/h16-19,21H,4-15H2,1-3H3/t18?,19-,21-. The molecule has 0 amide bonds. The first-order chi connectivity index (χ1) is 13.2. The number of aryl methyl sites for hydroxylation is 1. The molecule has 0 N–H and O–H groups in total. The van der Waals surface area contributed by atoms with Gasteiger partial charge in [0.15, 0.2) is 0 Å². The summed E-state index contributed by atoms with van der Waals surface area (Å²) in [6.45, 7) is 11.1. The fourth-order valence-corrected chi connectivity index (χ4v) is 4.56. The number of hydrogen-bond donors (Lipinski definition) is 0. The average Bonchev–Trinajstić information content (AvgIpc) is 2.70. The third kappa shape index (κ3) is 5.89. The summed E-state index contributed by atoms with van der Waals surface area (Å²) in [5, 5.41) is 0. The predicted octanol–water partition coefficient (Wildman–Crippen LogP) is 4.07. The second-order valence-corrected chi connectivity index (χ2v) is 8.30. The maximum absolute atomic E-state index is 6.23. The molecule has 5 nitrogen and oxygen atoms in total. The van der Waals surface area contributed by atoms with Crippen LogP contribution in [0.4, 0.5) is 5.69 Å². The van der Waals surface area contributed by atoms with E-state index in [0.717, 1.165) is 50.9 Å². The number of aromatic nitrogens is 2. The van der Waals surface area contributed by atoms with Crippen LogP contribution in [0, 0.1) is 0 Å². The molecule has 1 saturated carbocycles. The minimum absolute atomic E-state index is 0.422. The number of nitrogens with zero attached hydrogens (tertiary/aromatic N) is 4. The summed E-state index contributed by atoms with van der Waals surface area (Å²) in [5.74, 6) is 0.965. The van der Waals surface area contributed by atoms with E-state index in [1.165, 1.54) is 44.2 Å². The van der Waals surface area contributed by atoms with Gasteiger partial charge in [0.25, 0.3) is 0 Å². The molecule has 2 heterocycles. The molecule has 0 aromatic carbocycles. The average molecular weight is 375 g/mol. The highest BCUT2D eigenvalue weighted by molar-refractivity contribution is 5.42. The number of ether oxygens (including phenoxy) is 1. The van der Waals surface area contributed by atoms with Gasteiger partial charge in [-0.25, -0.2) is 9.97 Å². The van der Waals surface area contributed by atoms with E-state index in [0.29, 0.717) is 12.2 Å². The van der Waals surface area contributed by atoms with Crippen LogP contribution in [0.2, 0.25) is 0 Å². The lowest BCUT2D eigenvalue weighted by Crippen LogP contribution is -2.51. The molecule has 1 atom stereocenters. The zero-order valence-electron chi connectivity index (χ0n) is 17.6. The molecule has 1 aromatic heterocycles. The van der Waals surface area contributed by atoms with E-state index in [-0.39, 0.29) is 0 Å². The zero-order chi connectivity index (χ0) is 19.1. The molecule has 1 aliphatic heterocycles. The minimum atomic E-state index is 0.422. The molecule has 3 rings (SSSR count). The van der Waals surface area contributed by atoms with Crippen LogP contribution in [0.5, 0.6) is 0 Å². The molecule has 2 fully saturated rings. The van der Waals surface area contributed by atoms with Crippen LogP contribution in [0.15, 0.2) is 12.4 Å². The van der Waals surface area contributed by atoms with E-state index in [1.807, 2.05) is 12.4 Å². The van der Waals surface area contributed by atoms with Crippen molar-refractivity contribution in [3.63, 3.8) is 0 Å². The van der Waals surface area contributed by atoms with Gasteiger partial charge in [-0.05, 0) is 45.4 Å². The van der Waals surface area contributed by atoms with Gasteiger partial charge >= 0.3 is 0 Å². The highest BCUT2D eigenvalue weighted by Crippen LogP contribution is 2.27. The van der Waals surface area contributed by atoms with Gasteiger partial charge in [-0.15, -0.1) is 0 Å². The normalized spacial score (nSPS) is 25.5. The minimum Gasteiger partial charge on any atom is -0.375 e. The van der Waals surface area contributed by atoms with E-state index >= 15 is 0 Å². The Bertz CT molecular complexity index is 534. The summed E-state index contributed by atoms with van der Waals surface area (Å²) in [5.41, 5.74) is 1.18. The third-order valence-electron chi connectivity index (χ3n) is 6.12. The van der Waals surface area contributed by atoms with Gasteiger partial charge in [0.2, 0.25) is 0 Å². The van der Waals surface area contributed by atoms with Gasteiger partial charge in [0, 0.05) is 38.6 Å². The Morgan fingerprint density at radius 3 is 2.26 bits per heavy atom. The molecule has 1 aliphatic carbocycles. The van der Waals surface area contributed by atoms with Crippen LogP contribution >= 0.6 is 0 Å². The first kappa shape index (κ1) is 20.5. The maximum atomic E-state index is 6.23. The lowest BCUT2D eigenvalue weighted by atomic mass is 9.91. The largest absolute Gasteiger partial charge is 0.375 e. The first-order valence-corrected chi connectivity index (χ1v) is 11.1. The first-order valence-electron chi connectivity index (χ1n) is 11.1. The SMILES string of the molecule is CCCc1ncc(N2CCN([C@H]3CC[C@H](OC(C)CCC)CC3)CC2)cn1. The summed E-state index contributed by atoms with van der Waals surface area (Å²) < 4.78 is 6.23. The van der Waals surface area contributed by atoms with Crippen molar-refractivity contribution in [1.82, 2.24) is 14.9 Å². The fraction of sp³-hybridized carbons (Fsp3) is 0.818. The second-order valence-electron chi connectivity index (χ2n) is 8.30. The molecule has 152 valence electrons. The van der Waals surface area contributed by atoms with Crippen LogP contribution in [-0.2, 0) is 11.2 Å². The lowest BCUT2D eigenvalue weighted by Gasteiger charge is -2.42. The summed E-state index contributed by atoms with van der Waals surface area (Å²) in [6.07, 6.45) is 14.4. The Balaban J connectivity index is 1.41. The third-order valence-corrected chi connectivity index (χ3v) is 6.12. The number of piperazine rings is 1. The van der Waals surface area contributed by atoms with Crippen LogP contribution in [0.3, 0.4) is 0 Å². The highest BCUT2D eigenvalue weighted by Gasteiger charge is 2.29. The van der Waals surface area contributed by atoms with Crippen LogP contribution in [0.1, 0.15) is 71.5 Å². The van der Waals surface area contributed by atoms with Gasteiger partial charge in [-0.1, -0.05) is 20.3 Å². The molecule has 1 aromatic rings. The summed E-state index contributed by atoms with van der Waals surface area (Å²) in [6, 6.07) is 0.747. The Kier molecular flexibility index (Phi) is 7.89. The molecular formula is C22H38N4O. The van der Waals surface area contributed by atoms with Crippen molar-refractivity contribution in [2.75, 3.05) is 31.1 Å². The lowest BCUT2D eigenvalue weighted by molar-refractivity contribution is -0.0373. The molecule has 5 heteroatoms. The molecular weight excluding hydrogens is 336 g/mol. The summed E-state index contributed by atoms with van der Waals surface area (Å²) in [7, 11) is 0. The van der Waals surface area contributed by atoms with Crippen molar-refractivity contribution in [1.29, 1.82) is 0 Å². The van der Waals surface area contributed by atoms with Gasteiger partial charge in [-0.2, -0.15) is 0 Å². The Morgan fingerprint density at radius 1 is 1.00 bits per heavy atom. The molecule has 0 bridgehead atoms. The monoisotopic (exact) mass is 374 g/mol. The number of rotatable bonds is 8. The van der Waals surface area contributed by atoms with Crippen molar-refractivity contribution in [2.24, 2.45) is 0 Å². The Morgan fingerprint density at radius 2 is 1.67 bits per heavy atom. The fourth-order valence-electron chi connectivity index (χ4n) is 4.56. The second kappa shape index (κ2) is 10.4. The molecule has 0 radical (unpaired) electrons. The predicted molar refractivity (Wildman–Crippen MR) is 111 cm³/mol.